The number of nitrogens with one attached hydrogen (secondary N) is 2. The normalized spacial score (nSPS) is 10.8. The third-order valence-corrected chi connectivity index (χ3v) is 4.41. The number of hydrogen-bond acceptors (Lipinski definition) is 6. The Kier molecular flexibility index (Phi) is 6.08. The lowest BCUT2D eigenvalue weighted by molar-refractivity contribution is 0.137. The number of hydrogen-bond donors (Lipinski definition) is 2. The van der Waals surface area contributed by atoms with Gasteiger partial charge < -0.3 is 10.1 Å². The lowest BCUT2D eigenvalue weighted by Crippen LogP contribution is -2.31. The van der Waals surface area contributed by atoms with Crippen molar-refractivity contribution in [3.8, 4) is 11.3 Å². The predicted octanol–water partition coefficient (Wildman–Crippen LogP) is 3.61. The van der Waals surface area contributed by atoms with Gasteiger partial charge in [0.05, 0.1) is 12.3 Å². The number of urea groups is 1. The van der Waals surface area contributed by atoms with Crippen LogP contribution in [0, 0.1) is 6.92 Å². The van der Waals surface area contributed by atoms with Gasteiger partial charge in [-0.15, -0.1) is 0 Å². The average molecular weight is 371 g/mol. The number of fused-ring (bicyclic) bond motifs is 1. The smallest absolute Gasteiger partial charge is 0.321 e. The second kappa shape index (κ2) is 8.68. The highest BCUT2D eigenvalue weighted by Gasteiger charge is 2.10. The number of ether oxygens (including phenoxy) is 1. The monoisotopic (exact) mass is 371 g/mol. The number of carbonyl (C=O) groups is 1. The summed E-state index contributed by atoms with van der Waals surface area (Å²) in [6.45, 7) is 5.69. The van der Waals surface area contributed by atoms with Crippen molar-refractivity contribution in [1.82, 2.24) is 20.3 Å². The molecule has 2 amide bonds. The average Bonchev–Trinajstić information content (AvgIpc) is 3.02. The van der Waals surface area contributed by atoms with E-state index in [2.05, 4.69) is 25.6 Å². The van der Waals surface area contributed by atoms with E-state index in [0.717, 1.165) is 33.6 Å². The van der Waals surface area contributed by atoms with Crippen molar-refractivity contribution in [3.05, 3.63) is 36.2 Å². The molecule has 0 spiro atoms. The summed E-state index contributed by atoms with van der Waals surface area (Å²) in [5, 5.41) is 5.99. The Bertz CT molecular complexity index is 896. The number of aryl methyl sites for hydroxylation is 1. The summed E-state index contributed by atoms with van der Waals surface area (Å²) in [6, 6.07) is 5.55. The van der Waals surface area contributed by atoms with Crippen LogP contribution < -0.4 is 10.6 Å². The molecule has 26 heavy (non-hydrogen) atoms. The van der Waals surface area contributed by atoms with Gasteiger partial charge in [0.15, 0.2) is 5.13 Å². The molecule has 136 valence electrons. The molecule has 0 fully saturated rings. The van der Waals surface area contributed by atoms with E-state index in [1.807, 2.05) is 38.2 Å². The lowest BCUT2D eigenvalue weighted by atomic mass is 10.1. The third kappa shape index (κ3) is 4.74. The molecule has 0 aromatic carbocycles. The molecule has 0 aliphatic carbocycles. The molecule has 3 rings (SSSR count). The minimum atomic E-state index is -0.299. The molecule has 0 unspecified atom stereocenters. The van der Waals surface area contributed by atoms with Crippen LogP contribution in [0.25, 0.3) is 21.6 Å². The van der Waals surface area contributed by atoms with Crippen molar-refractivity contribution in [3.63, 3.8) is 0 Å². The summed E-state index contributed by atoms with van der Waals surface area (Å²) in [5.41, 5.74) is 3.62. The van der Waals surface area contributed by atoms with Crippen molar-refractivity contribution >= 4 is 32.8 Å². The maximum atomic E-state index is 11.9. The van der Waals surface area contributed by atoms with Gasteiger partial charge in [-0.1, -0.05) is 18.3 Å². The zero-order valence-corrected chi connectivity index (χ0v) is 15.6. The van der Waals surface area contributed by atoms with E-state index in [1.54, 1.807) is 6.20 Å². The minimum Gasteiger partial charge on any atom is -0.380 e. The Balaban J connectivity index is 1.65. The SMILES string of the molecule is CCCOCCNC(=O)Nc1nc2ccc(-c3cncc(C)c3)nc2s1. The second-order valence-electron chi connectivity index (χ2n) is 5.78. The zero-order valence-electron chi connectivity index (χ0n) is 14.8. The van der Waals surface area contributed by atoms with Crippen molar-refractivity contribution in [1.29, 1.82) is 0 Å². The molecule has 3 aromatic rings. The van der Waals surface area contributed by atoms with Gasteiger partial charge in [-0.3, -0.25) is 10.3 Å². The molecule has 7 nitrogen and oxygen atoms in total. The quantitative estimate of drug-likeness (QED) is 0.619. The number of rotatable bonds is 7. The van der Waals surface area contributed by atoms with Crippen LogP contribution in [0.1, 0.15) is 18.9 Å². The molecule has 0 aliphatic rings. The van der Waals surface area contributed by atoms with Gasteiger partial charge in [0, 0.05) is 31.1 Å². The molecule has 2 N–H and O–H groups in total. The summed E-state index contributed by atoms with van der Waals surface area (Å²) in [5.74, 6) is 0. The number of aromatic nitrogens is 3. The number of amides is 2. The van der Waals surface area contributed by atoms with Gasteiger partial charge in [0.1, 0.15) is 10.3 Å². The van der Waals surface area contributed by atoms with Crippen LogP contribution >= 0.6 is 11.3 Å². The Morgan fingerprint density at radius 1 is 1.23 bits per heavy atom. The molecule has 3 heterocycles. The number of thiazole rings is 1. The van der Waals surface area contributed by atoms with Crippen LogP contribution in [0.15, 0.2) is 30.6 Å². The number of carbonyl (C=O) groups excluding carboxylic acids is 1. The molecule has 0 saturated carbocycles. The summed E-state index contributed by atoms with van der Waals surface area (Å²) < 4.78 is 5.32. The summed E-state index contributed by atoms with van der Waals surface area (Å²) in [7, 11) is 0. The minimum absolute atomic E-state index is 0.299. The first-order valence-corrected chi connectivity index (χ1v) is 9.29. The molecular formula is C18H21N5O2S. The first kappa shape index (κ1) is 18.2. The van der Waals surface area contributed by atoms with Crippen LogP contribution in [0.5, 0.6) is 0 Å². The standard InChI is InChI=1S/C18H21N5O2S/c1-3-7-25-8-6-20-17(24)23-18-22-15-5-4-14(21-16(15)26-18)13-9-12(2)10-19-11-13/h4-5,9-11H,3,6-8H2,1-2H3,(H2,20,22,23,24). The van der Waals surface area contributed by atoms with Gasteiger partial charge in [-0.25, -0.2) is 14.8 Å². The van der Waals surface area contributed by atoms with Crippen molar-refractivity contribution in [2.24, 2.45) is 0 Å². The van der Waals surface area contributed by atoms with Gasteiger partial charge in [0.2, 0.25) is 0 Å². The van der Waals surface area contributed by atoms with E-state index in [9.17, 15) is 4.79 Å². The predicted molar refractivity (Wildman–Crippen MR) is 104 cm³/mol. The van der Waals surface area contributed by atoms with E-state index in [0.29, 0.717) is 24.9 Å². The van der Waals surface area contributed by atoms with E-state index in [4.69, 9.17) is 4.74 Å². The van der Waals surface area contributed by atoms with E-state index in [-0.39, 0.29) is 6.03 Å². The van der Waals surface area contributed by atoms with Gasteiger partial charge in [-0.05, 0) is 37.1 Å². The summed E-state index contributed by atoms with van der Waals surface area (Å²) in [4.78, 5) is 25.9. The van der Waals surface area contributed by atoms with E-state index in [1.165, 1.54) is 11.3 Å². The highest BCUT2D eigenvalue weighted by molar-refractivity contribution is 7.21. The Morgan fingerprint density at radius 2 is 2.12 bits per heavy atom. The number of pyridine rings is 2. The lowest BCUT2D eigenvalue weighted by Gasteiger charge is -2.05. The number of anilines is 1. The molecule has 0 radical (unpaired) electrons. The van der Waals surface area contributed by atoms with Crippen LogP contribution in [0.4, 0.5) is 9.93 Å². The van der Waals surface area contributed by atoms with Crippen LogP contribution in [-0.2, 0) is 4.74 Å². The highest BCUT2D eigenvalue weighted by atomic mass is 32.1. The Labute approximate surface area is 155 Å². The van der Waals surface area contributed by atoms with Gasteiger partial charge >= 0.3 is 6.03 Å². The molecular weight excluding hydrogens is 350 g/mol. The second-order valence-corrected chi connectivity index (χ2v) is 6.76. The summed E-state index contributed by atoms with van der Waals surface area (Å²) >= 11 is 1.34. The van der Waals surface area contributed by atoms with Crippen LogP contribution in [0.3, 0.4) is 0 Å². The molecule has 3 aromatic heterocycles. The first-order valence-electron chi connectivity index (χ1n) is 8.48. The molecule has 8 heteroatoms. The molecule has 0 saturated heterocycles. The van der Waals surface area contributed by atoms with Crippen LogP contribution in [0.2, 0.25) is 0 Å². The Hall–Kier alpha value is -2.58. The largest absolute Gasteiger partial charge is 0.380 e. The number of nitrogens with zero attached hydrogens (tertiary/aromatic N) is 3. The van der Waals surface area contributed by atoms with Crippen molar-refractivity contribution in [2.75, 3.05) is 25.1 Å². The fourth-order valence-corrected chi connectivity index (χ4v) is 3.18. The highest BCUT2D eigenvalue weighted by Crippen LogP contribution is 2.27. The molecule has 0 bridgehead atoms. The molecule has 0 atom stereocenters. The van der Waals surface area contributed by atoms with Gasteiger partial charge in [-0.2, -0.15) is 0 Å². The summed E-state index contributed by atoms with van der Waals surface area (Å²) in [6.07, 6.45) is 4.56. The topological polar surface area (TPSA) is 89.0 Å². The maximum absolute atomic E-state index is 11.9. The Morgan fingerprint density at radius 3 is 2.92 bits per heavy atom. The fourth-order valence-electron chi connectivity index (χ4n) is 2.35. The van der Waals surface area contributed by atoms with Gasteiger partial charge in [0.25, 0.3) is 0 Å². The zero-order chi connectivity index (χ0) is 18.4. The third-order valence-electron chi connectivity index (χ3n) is 3.53. The van der Waals surface area contributed by atoms with E-state index < -0.39 is 0 Å². The fraction of sp³-hybridized carbons (Fsp3) is 0.333. The van der Waals surface area contributed by atoms with Crippen LogP contribution in [-0.4, -0.2) is 40.7 Å². The maximum Gasteiger partial charge on any atom is 0.321 e. The molecule has 0 aliphatic heterocycles. The first-order chi connectivity index (χ1) is 12.7. The van der Waals surface area contributed by atoms with Crippen molar-refractivity contribution in [2.45, 2.75) is 20.3 Å². The van der Waals surface area contributed by atoms with Crippen molar-refractivity contribution < 1.29 is 9.53 Å². The van der Waals surface area contributed by atoms with E-state index >= 15 is 0 Å².